The van der Waals surface area contributed by atoms with E-state index in [1.54, 1.807) is 0 Å². The van der Waals surface area contributed by atoms with Crippen LogP contribution < -0.4 is 5.32 Å². The van der Waals surface area contributed by atoms with Crippen LogP contribution in [0.2, 0.25) is 0 Å². The quantitative estimate of drug-likeness (QED) is 0.778. The molecule has 0 saturated heterocycles. The van der Waals surface area contributed by atoms with Gasteiger partial charge in [-0.15, -0.1) is 11.6 Å². The van der Waals surface area contributed by atoms with Gasteiger partial charge in [0.25, 0.3) is 0 Å². The lowest BCUT2D eigenvalue weighted by Crippen LogP contribution is -2.41. The summed E-state index contributed by atoms with van der Waals surface area (Å²) in [5.74, 6) is 0.543. The molecule has 0 heterocycles. The van der Waals surface area contributed by atoms with Crippen LogP contribution in [-0.4, -0.2) is 5.88 Å². The minimum Gasteiger partial charge on any atom is -0.302 e. The van der Waals surface area contributed by atoms with Gasteiger partial charge >= 0.3 is 0 Å². The summed E-state index contributed by atoms with van der Waals surface area (Å²) in [6.45, 7) is 9.49. The van der Waals surface area contributed by atoms with E-state index in [0.717, 1.165) is 6.54 Å². The van der Waals surface area contributed by atoms with Gasteiger partial charge in [-0.1, -0.05) is 48.0 Å². The molecule has 0 aromatic heterocycles. The van der Waals surface area contributed by atoms with E-state index in [0.29, 0.717) is 5.88 Å². The van der Waals surface area contributed by atoms with E-state index in [4.69, 9.17) is 11.6 Å². The van der Waals surface area contributed by atoms with E-state index in [1.807, 2.05) is 6.07 Å². The van der Waals surface area contributed by atoms with Gasteiger partial charge in [-0.05, 0) is 49.9 Å². The van der Waals surface area contributed by atoms with Crippen LogP contribution in [0.4, 0.5) is 0 Å². The van der Waals surface area contributed by atoms with Gasteiger partial charge in [0.05, 0.1) is 5.54 Å². The zero-order valence-electron chi connectivity index (χ0n) is 13.3. The maximum atomic E-state index is 6.25. The highest BCUT2D eigenvalue weighted by molar-refractivity contribution is 6.18. The Kier molecular flexibility index (Phi) is 5.08. The molecule has 0 amide bonds. The summed E-state index contributed by atoms with van der Waals surface area (Å²) >= 11 is 6.25. The first-order valence-electron chi connectivity index (χ1n) is 7.39. The fraction of sp³-hybridized carbons (Fsp3) is 0.368. The fourth-order valence-electron chi connectivity index (χ4n) is 2.80. The molecule has 1 N–H and O–H groups in total. The summed E-state index contributed by atoms with van der Waals surface area (Å²) in [6, 6.07) is 14.9. The highest BCUT2D eigenvalue weighted by atomic mass is 35.5. The van der Waals surface area contributed by atoms with Crippen molar-refractivity contribution in [2.45, 2.75) is 39.8 Å². The van der Waals surface area contributed by atoms with Crippen molar-refractivity contribution in [2.75, 3.05) is 5.88 Å². The predicted molar refractivity (Wildman–Crippen MR) is 92.0 cm³/mol. The Balaban J connectivity index is 2.22. The van der Waals surface area contributed by atoms with Crippen molar-refractivity contribution in [2.24, 2.45) is 0 Å². The van der Waals surface area contributed by atoms with Crippen molar-refractivity contribution in [3.63, 3.8) is 0 Å². The average Bonchev–Trinajstić information content (AvgIpc) is 2.46. The number of nitrogens with one attached hydrogen (secondary N) is 1. The molecule has 21 heavy (non-hydrogen) atoms. The molecule has 1 unspecified atom stereocenters. The van der Waals surface area contributed by atoms with E-state index in [1.165, 1.54) is 27.8 Å². The molecule has 0 bridgehead atoms. The van der Waals surface area contributed by atoms with E-state index in [-0.39, 0.29) is 5.54 Å². The second-order valence-electron chi connectivity index (χ2n) is 6.06. The maximum absolute atomic E-state index is 6.25. The molecule has 0 aliphatic heterocycles. The Labute approximate surface area is 133 Å². The highest BCUT2D eigenvalue weighted by Gasteiger charge is 2.25. The number of halogens is 1. The van der Waals surface area contributed by atoms with E-state index >= 15 is 0 Å². The predicted octanol–water partition coefficient (Wildman–Crippen LogP) is 4.86. The lowest BCUT2D eigenvalue weighted by Gasteiger charge is -2.30. The number of hydrogen-bond donors (Lipinski definition) is 1. The van der Waals surface area contributed by atoms with Gasteiger partial charge < -0.3 is 5.32 Å². The second kappa shape index (κ2) is 6.64. The molecule has 2 aromatic carbocycles. The molecular formula is C19H24ClN. The van der Waals surface area contributed by atoms with E-state index in [2.05, 4.69) is 69.4 Å². The number of aryl methyl sites for hydroxylation is 3. The van der Waals surface area contributed by atoms with Gasteiger partial charge in [-0.2, -0.15) is 0 Å². The summed E-state index contributed by atoms with van der Waals surface area (Å²) < 4.78 is 0. The summed E-state index contributed by atoms with van der Waals surface area (Å²) in [7, 11) is 0. The molecule has 0 radical (unpaired) electrons. The van der Waals surface area contributed by atoms with Crippen molar-refractivity contribution < 1.29 is 0 Å². The summed E-state index contributed by atoms with van der Waals surface area (Å²) in [5.41, 5.74) is 6.37. The lowest BCUT2D eigenvalue weighted by molar-refractivity contribution is 0.406. The largest absolute Gasteiger partial charge is 0.302 e. The summed E-state index contributed by atoms with van der Waals surface area (Å²) in [5, 5.41) is 3.65. The van der Waals surface area contributed by atoms with Crippen LogP contribution in [0, 0.1) is 20.8 Å². The van der Waals surface area contributed by atoms with Crippen LogP contribution in [0.3, 0.4) is 0 Å². The van der Waals surface area contributed by atoms with Crippen LogP contribution in [0.1, 0.15) is 34.7 Å². The third-order valence-corrected chi connectivity index (χ3v) is 4.71. The van der Waals surface area contributed by atoms with Gasteiger partial charge in [0.1, 0.15) is 0 Å². The van der Waals surface area contributed by atoms with E-state index < -0.39 is 0 Å². The monoisotopic (exact) mass is 301 g/mol. The third-order valence-electron chi connectivity index (χ3n) is 4.17. The molecule has 0 saturated carbocycles. The van der Waals surface area contributed by atoms with Gasteiger partial charge in [-0.3, -0.25) is 0 Å². The van der Waals surface area contributed by atoms with Crippen molar-refractivity contribution in [3.8, 4) is 0 Å². The second-order valence-corrected chi connectivity index (χ2v) is 6.33. The van der Waals surface area contributed by atoms with Crippen LogP contribution in [0.25, 0.3) is 0 Å². The first-order chi connectivity index (χ1) is 9.96. The molecular weight excluding hydrogens is 278 g/mol. The average molecular weight is 302 g/mol. The van der Waals surface area contributed by atoms with Crippen LogP contribution in [-0.2, 0) is 12.1 Å². The molecule has 0 aliphatic rings. The summed E-state index contributed by atoms with van der Waals surface area (Å²) in [6.07, 6.45) is 0. The Morgan fingerprint density at radius 1 is 1.00 bits per heavy atom. The zero-order valence-corrected chi connectivity index (χ0v) is 14.1. The van der Waals surface area contributed by atoms with Crippen molar-refractivity contribution in [1.82, 2.24) is 5.32 Å². The summed E-state index contributed by atoms with van der Waals surface area (Å²) in [4.78, 5) is 0. The van der Waals surface area contributed by atoms with Gasteiger partial charge in [0.15, 0.2) is 0 Å². The number of benzene rings is 2. The first kappa shape index (κ1) is 16.1. The van der Waals surface area contributed by atoms with Crippen molar-refractivity contribution >= 4 is 11.6 Å². The topological polar surface area (TPSA) is 12.0 Å². The van der Waals surface area contributed by atoms with Gasteiger partial charge in [0, 0.05) is 12.4 Å². The Morgan fingerprint density at radius 3 is 2.10 bits per heavy atom. The fourth-order valence-corrected chi connectivity index (χ4v) is 3.05. The molecule has 2 rings (SSSR count). The minimum absolute atomic E-state index is 0.216. The number of rotatable bonds is 5. The zero-order chi connectivity index (χ0) is 15.5. The van der Waals surface area contributed by atoms with Crippen LogP contribution in [0.15, 0.2) is 42.5 Å². The molecule has 0 spiro atoms. The van der Waals surface area contributed by atoms with Crippen molar-refractivity contribution in [1.29, 1.82) is 0 Å². The Morgan fingerprint density at radius 2 is 1.57 bits per heavy atom. The van der Waals surface area contributed by atoms with Crippen LogP contribution in [0.5, 0.6) is 0 Å². The Bertz CT molecular complexity index is 583. The normalized spacial score (nSPS) is 14.0. The smallest absolute Gasteiger partial charge is 0.0545 e. The van der Waals surface area contributed by atoms with Gasteiger partial charge in [-0.25, -0.2) is 0 Å². The standard InChI is InChI=1S/C19H24ClN/c1-14-10-15(2)18(16(3)11-14)12-21-19(4,13-20)17-8-6-5-7-9-17/h5-11,21H,12-13H2,1-4H3. The minimum atomic E-state index is -0.216. The first-order valence-corrected chi connectivity index (χ1v) is 7.93. The third kappa shape index (κ3) is 3.66. The number of hydrogen-bond acceptors (Lipinski definition) is 1. The van der Waals surface area contributed by atoms with E-state index in [9.17, 15) is 0 Å². The maximum Gasteiger partial charge on any atom is 0.0545 e. The Hall–Kier alpha value is -1.31. The molecule has 0 fully saturated rings. The lowest BCUT2D eigenvalue weighted by atomic mass is 9.92. The van der Waals surface area contributed by atoms with Crippen molar-refractivity contribution in [3.05, 3.63) is 70.3 Å². The molecule has 1 atom stereocenters. The molecule has 2 heteroatoms. The molecule has 0 aliphatic carbocycles. The molecule has 1 nitrogen and oxygen atoms in total. The molecule has 2 aromatic rings. The van der Waals surface area contributed by atoms with Gasteiger partial charge in [0.2, 0.25) is 0 Å². The number of alkyl halides is 1. The molecule has 112 valence electrons. The highest BCUT2D eigenvalue weighted by Crippen LogP contribution is 2.24. The van der Waals surface area contributed by atoms with Crippen LogP contribution >= 0.6 is 11.6 Å². The SMILES string of the molecule is Cc1cc(C)c(CNC(C)(CCl)c2ccccc2)c(C)c1.